The molecule has 16 atom stereocenters. The van der Waals surface area contributed by atoms with E-state index in [4.69, 9.17) is 28.4 Å². The number of ether oxygens (including phenoxy) is 6. The molecule has 14 heteroatoms. The third-order valence-corrected chi connectivity index (χ3v) is 11.4. The number of likely N-dealkylation sites (N-methyl/N-ethyl adjacent to an activating group) is 2. The Morgan fingerprint density at radius 1 is 1.00 bits per heavy atom. The second kappa shape index (κ2) is 18.3. The van der Waals surface area contributed by atoms with Gasteiger partial charge in [-0.3, -0.25) is 14.5 Å². The lowest BCUT2D eigenvalue weighted by molar-refractivity contribution is -0.317. The molecule has 3 aliphatic heterocycles. The zero-order valence-corrected chi connectivity index (χ0v) is 34.0. The fourth-order valence-electron chi connectivity index (χ4n) is 8.13. The molecule has 302 valence electrons. The standard InChI is InChI=1S/C38H69N3O11/c1-21-18-37(7,46)34(52-36-30(43)27(40(11)12)17-22(2)48-36)23(3)31(50-29-19-38(8,47-14)33(44)26(6)49-29)24(4)35(45)51-32(25(5)41(13)20-21)28(42)15-16-39(9)10/h15-16,21-27,29-34,36,43-44,46H,17-20H2,1-14H3/b16-15+/t21-,22-,23+,24-,25+,26+,27+,29+,30-,31+,32+,33+,34-,36+,37+,38-/m1/s1. The van der Waals surface area contributed by atoms with E-state index in [1.807, 2.05) is 58.6 Å². The van der Waals surface area contributed by atoms with Gasteiger partial charge < -0.3 is 53.5 Å². The van der Waals surface area contributed by atoms with Crippen LogP contribution in [0.25, 0.3) is 0 Å². The first kappa shape index (κ1) is 44.7. The van der Waals surface area contributed by atoms with Gasteiger partial charge in [-0.1, -0.05) is 13.8 Å². The molecular formula is C38H69N3O11. The summed E-state index contributed by atoms with van der Waals surface area (Å²) in [5.74, 6) is -2.87. The molecule has 3 heterocycles. The van der Waals surface area contributed by atoms with Crippen LogP contribution in [0.1, 0.15) is 74.7 Å². The summed E-state index contributed by atoms with van der Waals surface area (Å²) in [6.45, 7) is 14.9. The molecule has 0 saturated carbocycles. The Labute approximate surface area is 311 Å². The van der Waals surface area contributed by atoms with Crippen molar-refractivity contribution in [3.8, 4) is 0 Å². The van der Waals surface area contributed by atoms with Crippen molar-refractivity contribution in [1.29, 1.82) is 0 Å². The summed E-state index contributed by atoms with van der Waals surface area (Å²) in [6.07, 6.45) is -4.00. The maximum Gasteiger partial charge on any atom is 0.312 e. The lowest BCUT2D eigenvalue weighted by atomic mass is 9.77. The number of esters is 1. The van der Waals surface area contributed by atoms with Gasteiger partial charge in [-0.05, 0) is 81.4 Å². The molecule has 0 aliphatic carbocycles. The topological polar surface area (TPSA) is 160 Å². The molecule has 0 aromatic carbocycles. The molecule has 0 bridgehead atoms. The van der Waals surface area contributed by atoms with Crippen molar-refractivity contribution in [3.05, 3.63) is 12.3 Å². The molecule has 0 aromatic heterocycles. The van der Waals surface area contributed by atoms with Crippen LogP contribution in [0.15, 0.2) is 12.3 Å². The molecule has 0 unspecified atom stereocenters. The molecule has 14 nitrogen and oxygen atoms in total. The Hall–Kier alpha value is -1.72. The number of aliphatic hydroxyl groups is 3. The first-order valence-corrected chi connectivity index (χ1v) is 18.7. The Morgan fingerprint density at radius 3 is 2.21 bits per heavy atom. The van der Waals surface area contributed by atoms with E-state index in [2.05, 4.69) is 0 Å². The lowest BCUT2D eigenvalue weighted by Gasteiger charge is -2.48. The largest absolute Gasteiger partial charge is 0.452 e. The van der Waals surface area contributed by atoms with Gasteiger partial charge in [0, 0.05) is 58.4 Å². The van der Waals surface area contributed by atoms with Gasteiger partial charge in [0.15, 0.2) is 24.5 Å². The highest BCUT2D eigenvalue weighted by Crippen LogP contribution is 2.39. The van der Waals surface area contributed by atoms with Crippen molar-refractivity contribution in [3.63, 3.8) is 0 Å². The SMILES string of the molecule is CO[C@]1(C)C[C@H](O[C@H]2[C@H](C)[C@@H](O[C@@H]3O[C@H](C)C[C@H](N(C)C)[C@H]3O)[C@@](C)(O)C[C@@H](C)CN(C)[C@@H](C)[C@@H](C(=O)/C=C/N(C)C)OC(=O)[C@@H]2C)O[C@@H](C)[C@@H]1O. The van der Waals surface area contributed by atoms with E-state index in [0.29, 0.717) is 13.0 Å². The Kier molecular flexibility index (Phi) is 15.7. The lowest BCUT2D eigenvalue weighted by Crippen LogP contribution is -2.60. The normalized spacial score (nSPS) is 44.8. The van der Waals surface area contributed by atoms with Gasteiger partial charge in [0.2, 0.25) is 0 Å². The first-order valence-electron chi connectivity index (χ1n) is 18.7. The summed E-state index contributed by atoms with van der Waals surface area (Å²) >= 11 is 0. The van der Waals surface area contributed by atoms with Crippen molar-refractivity contribution >= 4 is 11.8 Å². The van der Waals surface area contributed by atoms with Gasteiger partial charge in [0.1, 0.15) is 12.2 Å². The van der Waals surface area contributed by atoms with Crippen LogP contribution in [0.2, 0.25) is 0 Å². The van der Waals surface area contributed by atoms with E-state index >= 15 is 0 Å². The number of methoxy groups -OCH3 is 1. The van der Waals surface area contributed by atoms with Gasteiger partial charge >= 0.3 is 5.97 Å². The fraction of sp³-hybridized carbons (Fsp3) is 0.895. The summed E-state index contributed by atoms with van der Waals surface area (Å²) in [5, 5.41) is 34.9. The number of hydrogen-bond donors (Lipinski definition) is 3. The summed E-state index contributed by atoms with van der Waals surface area (Å²) in [4.78, 5) is 33.5. The smallest absolute Gasteiger partial charge is 0.312 e. The molecule has 3 aliphatic rings. The summed E-state index contributed by atoms with van der Waals surface area (Å²) in [5.41, 5.74) is -2.52. The second-order valence-corrected chi connectivity index (χ2v) is 16.7. The maximum atomic E-state index is 14.3. The highest BCUT2D eigenvalue weighted by atomic mass is 16.7. The van der Waals surface area contributed by atoms with Crippen LogP contribution in [0.4, 0.5) is 0 Å². The number of ketones is 1. The van der Waals surface area contributed by atoms with Gasteiger partial charge in [-0.25, -0.2) is 0 Å². The predicted molar refractivity (Wildman–Crippen MR) is 195 cm³/mol. The molecule has 3 rings (SSSR count). The van der Waals surface area contributed by atoms with E-state index in [1.54, 1.807) is 52.9 Å². The average Bonchev–Trinajstić information content (AvgIpc) is 3.05. The third kappa shape index (κ3) is 10.7. The second-order valence-electron chi connectivity index (χ2n) is 16.7. The Morgan fingerprint density at radius 2 is 1.63 bits per heavy atom. The van der Waals surface area contributed by atoms with Crippen molar-refractivity contribution < 1.29 is 53.3 Å². The summed E-state index contributed by atoms with van der Waals surface area (Å²) in [7, 11) is 10.8. The number of carbonyl (C=O) groups is 2. The molecule has 52 heavy (non-hydrogen) atoms. The van der Waals surface area contributed by atoms with Gasteiger partial charge in [-0.15, -0.1) is 0 Å². The number of hydrogen-bond acceptors (Lipinski definition) is 14. The summed E-state index contributed by atoms with van der Waals surface area (Å²) in [6, 6.07) is -0.765. The van der Waals surface area contributed by atoms with Crippen LogP contribution in [0, 0.1) is 17.8 Å². The van der Waals surface area contributed by atoms with E-state index < -0.39 is 84.3 Å². The quantitative estimate of drug-likeness (QED) is 0.233. The average molecular weight is 744 g/mol. The number of aliphatic hydroxyl groups excluding tert-OH is 2. The van der Waals surface area contributed by atoms with E-state index in [-0.39, 0.29) is 36.7 Å². The number of rotatable bonds is 9. The minimum absolute atomic E-state index is 0.112. The zero-order valence-electron chi connectivity index (χ0n) is 34.0. The van der Waals surface area contributed by atoms with Crippen LogP contribution < -0.4 is 0 Å². The number of cyclic esters (lactones) is 1. The van der Waals surface area contributed by atoms with Crippen LogP contribution in [-0.2, 0) is 38.0 Å². The maximum absolute atomic E-state index is 14.3. The van der Waals surface area contributed by atoms with Gasteiger partial charge in [0.05, 0.1) is 47.6 Å². The minimum atomic E-state index is -1.51. The van der Waals surface area contributed by atoms with Crippen molar-refractivity contribution in [2.45, 2.75) is 153 Å². The molecule has 0 spiro atoms. The molecule has 3 fully saturated rings. The highest BCUT2D eigenvalue weighted by molar-refractivity contribution is 5.95. The molecule has 0 radical (unpaired) electrons. The van der Waals surface area contributed by atoms with Crippen molar-refractivity contribution in [2.24, 2.45) is 17.8 Å². The van der Waals surface area contributed by atoms with Crippen LogP contribution in [-0.4, -0.2) is 169 Å². The molecule has 0 amide bonds. The fourth-order valence-corrected chi connectivity index (χ4v) is 8.13. The van der Waals surface area contributed by atoms with Crippen LogP contribution >= 0.6 is 0 Å². The Bertz CT molecular complexity index is 1200. The van der Waals surface area contributed by atoms with E-state index in [9.17, 15) is 24.9 Å². The molecule has 0 aromatic rings. The van der Waals surface area contributed by atoms with E-state index in [0.717, 1.165) is 0 Å². The predicted octanol–water partition coefficient (Wildman–Crippen LogP) is 2.02. The molecule has 3 saturated heterocycles. The van der Waals surface area contributed by atoms with E-state index in [1.165, 1.54) is 13.2 Å². The highest BCUT2D eigenvalue weighted by Gasteiger charge is 2.52. The third-order valence-electron chi connectivity index (χ3n) is 11.4. The Balaban J connectivity index is 2.15. The molecule has 3 N–H and O–H groups in total. The minimum Gasteiger partial charge on any atom is -0.452 e. The van der Waals surface area contributed by atoms with Crippen LogP contribution in [0.3, 0.4) is 0 Å². The molecular weight excluding hydrogens is 674 g/mol. The van der Waals surface area contributed by atoms with Gasteiger partial charge in [-0.2, -0.15) is 0 Å². The van der Waals surface area contributed by atoms with Crippen molar-refractivity contribution in [2.75, 3.05) is 48.9 Å². The van der Waals surface area contributed by atoms with Crippen molar-refractivity contribution in [1.82, 2.24) is 14.7 Å². The summed E-state index contributed by atoms with van der Waals surface area (Å²) < 4.78 is 37.6. The number of nitrogens with zero attached hydrogens (tertiary/aromatic N) is 3. The zero-order chi connectivity index (χ0) is 39.5. The van der Waals surface area contributed by atoms with Crippen LogP contribution in [0.5, 0.6) is 0 Å². The first-order chi connectivity index (χ1) is 24.0. The van der Waals surface area contributed by atoms with Gasteiger partial charge in [0.25, 0.3) is 0 Å². The number of carbonyl (C=O) groups excluding carboxylic acids is 2. The monoisotopic (exact) mass is 743 g/mol.